The summed E-state index contributed by atoms with van der Waals surface area (Å²) >= 11 is 3.23. The summed E-state index contributed by atoms with van der Waals surface area (Å²) in [6.45, 7) is 3.30. The number of aliphatic carboxylic acids is 1. The predicted molar refractivity (Wildman–Crippen MR) is 165 cm³/mol. The minimum Gasteiger partial charge on any atom is -0.477 e. The average Bonchev–Trinajstić information content (AvgIpc) is 3.52. The molecule has 2 aromatic carbocycles. The summed E-state index contributed by atoms with van der Waals surface area (Å²) < 4.78 is 2.23. The second kappa shape index (κ2) is 12.6. The number of carboxylic acids is 1. The second-order valence-electron chi connectivity index (χ2n) is 10.2. The van der Waals surface area contributed by atoms with Gasteiger partial charge in [0.2, 0.25) is 0 Å². The molecule has 0 atom stereocenters. The maximum Gasteiger partial charge on any atom is 0.346 e. The van der Waals surface area contributed by atoms with Gasteiger partial charge in [0.15, 0.2) is 0 Å². The van der Waals surface area contributed by atoms with E-state index in [1.54, 1.807) is 17.4 Å². The third kappa shape index (κ3) is 6.43. The first-order chi connectivity index (χ1) is 19.1. The second-order valence-corrected chi connectivity index (χ2v) is 12.4. The summed E-state index contributed by atoms with van der Waals surface area (Å²) in [4.78, 5) is 15.6. The van der Waals surface area contributed by atoms with Gasteiger partial charge in [0.25, 0.3) is 0 Å². The maximum absolute atomic E-state index is 11.2. The lowest BCUT2D eigenvalue weighted by molar-refractivity contribution is -0.132. The molecule has 0 spiro atoms. The summed E-state index contributed by atoms with van der Waals surface area (Å²) in [5.74, 6) is -1.19. The molecule has 0 amide bonds. The Hall–Kier alpha value is -3.40. The van der Waals surface area contributed by atoms with E-state index in [2.05, 4.69) is 60.4 Å². The van der Waals surface area contributed by atoms with Crippen LogP contribution in [0.15, 0.2) is 60.2 Å². The number of fused-ring (bicyclic) bond motifs is 2. The third-order valence-corrected chi connectivity index (χ3v) is 9.70. The van der Waals surface area contributed by atoms with Crippen molar-refractivity contribution in [2.75, 3.05) is 11.4 Å². The number of hydrogen-bond acceptors (Lipinski definition) is 5. The number of anilines is 2. The monoisotopic (exact) mass is 554 g/mol. The largest absolute Gasteiger partial charge is 0.477 e. The number of rotatable bonds is 11. The molecular formula is C33H34N2O2S2. The van der Waals surface area contributed by atoms with Crippen LogP contribution in [0.2, 0.25) is 0 Å². The molecule has 5 rings (SSSR count). The molecular weight excluding hydrogens is 521 g/mol. The average molecular weight is 555 g/mol. The molecule has 6 heteroatoms. The summed E-state index contributed by atoms with van der Waals surface area (Å²) in [6, 6.07) is 21.9. The summed E-state index contributed by atoms with van der Waals surface area (Å²) in [7, 11) is 0. The van der Waals surface area contributed by atoms with Gasteiger partial charge in [-0.15, -0.1) is 22.7 Å². The molecule has 0 aliphatic carbocycles. The first-order valence-corrected chi connectivity index (χ1v) is 15.6. The van der Waals surface area contributed by atoms with E-state index in [4.69, 9.17) is 10.4 Å². The van der Waals surface area contributed by atoms with E-state index >= 15 is 0 Å². The highest BCUT2D eigenvalue weighted by atomic mass is 32.1. The highest BCUT2D eigenvalue weighted by molar-refractivity contribution is 7.29. The smallest absolute Gasteiger partial charge is 0.346 e. The maximum atomic E-state index is 11.2. The molecule has 0 unspecified atom stereocenters. The van der Waals surface area contributed by atoms with Crippen molar-refractivity contribution in [1.82, 2.24) is 0 Å². The van der Waals surface area contributed by atoms with Crippen LogP contribution >= 0.6 is 22.7 Å². The van der Waals surface area contributed by atoms with Crippen LogP contribution in [0, 0.1) is 11.3 Å². The van der Waals surface area contributed by atoms with Crippen molar-refractivity contribution in [2.45, 2.75) is 64.7 Å². The van der Waals surface area contributed by atoms with Gasteiger partial charge in [-0.05, 0) is 84.8 Å². The highest BCUT2D eigenvalue weighted by Gasteiger charge is 2.20. The Morgan fingerprint density at radius 1 is 1.00 bits per heavy atom. The van der Waals surface area contributed by atoms with Gasteiger partial charge in [-0.3, -0.25) is 0 Å². The number of carbonyl (C=O) groups is 1. The Bertz CT molecular complexity index is 1490. The highest BCUT2D eigenvalue weighted by Crippen LogP contribution is 2.41. The topological polar surface area (TPSA) is 64.3 Å². The van der Waals surface area contributed by atoms with Crippen molar-refractivity contribution in [3.63, 3.8) is 0 Å². The predicted octanol–water partition coefficient (Wildman–Crippen LogP) is 9.61. The first kappa shape index (κ1) is 27.2. The zero-order chi connectivity index (χ0) is 27.2. The van der Waals surface area contributed by atoms with Crippen LogP contribution in [-0.4, -0.2) is 17.6 Å². The Balaban J connectivity index is 1.28. The fourth-order valence-corrected chi connectivity index (χ4v) is 7.67. The zero-order valence-corrected chi connectivity index (χ0v) is 24.0. The Labute approximate surface area is 238 Å². The number of benzene rings is 2. The molecule has 0 saturated carbocycles. The number of carboxylic acid groups (broad SMARTS) is 1. The quantitative estimate of drug-likeness (QED) is 0.114. The Kier molecular flexibility index (Phi) is 8.81. The Morgan fingerprint density at radius 3 is 2.51 bits per heavy atom. The van der Waals surface area contributed by atoms with Crippen LogP contribution in [0.25, 0.3) is 25.9 Å². The van der Waals surface area contributed by atoms with E-state index in [1.165, 1.54) is 95.3 Å². The molecule has 4 aromatic rings. The van der Waals surface area contributed by atoms with Crippen molar-refractivity contribution in [2.24, 2.45) is 0 Å². The minimum absolute atomic E-state index is 0.240. The van der Waals surface area contributed by atoms with Gasteiger partial charge in [-0.2, -0.15) is 5.26 Å². The number of nitrogens with zero attached hydrogens (tertiary/aromatic N) is 2. The standard InChI is InChI=1S/C33H34N2O2S2/c1-2-3-4-5-6-7-9-23-11-14-27(15-12-23)35-17-8-10-24-18-25(13-16-29(24)35)30-21-32-31(39-30)20-28(38-32)19-26(22-34)33(36)37/h11-16,18-21H,2-10,17H2,1H3,(H,36,37)/b26-19+. The SMILES string of the molecule is CCCCCCCCc1ccc(N2CCCc3cc(-c4cc5sc(/C=C(\C#N)C(=O)O)cc5s4)ccc32)cc1. The van der Waals surface area contributed by atoms with Gasteiger partial charge >= 0.3 is 5.97 Å². The normalized spacial score (nSPS) is 13.4. The van der Waals surface area contributed by atoms with Gasteiger partial charge < -0.3 is 10.0 Å². The molecule has 0 fully saturated rings. The lowest BCUT2D eigenvalue weighted by Crippen LogP contribution is -2.24. The van der Waals surface area contributed by atoms with E-state index in [-0.39, 0.29) is 5.57 Å². The van der Waals surface area contributed by atoms with Crippen molar-refractivity contribution >= 4 is 55.5 Å². The van der Waals surface area contributed by atoms with E-state index in [9.17, 15) is 4.79 Å². The van der Waals surface area contributed by atoms with Crippen LogP contribution in [-0.2, 0) is 17.6 Å². The molecule has 39 heavy (non-hydrogen) atoms. The van der Waals surface area contributed by atoms with E-state index in [0.29, 0.717) is 0 Å². The number of aryl methyl sites for hydroxylation is 2. The minimum atomic E-state index is -1.19. The fourth-order valence-electron chi connectivity index (χ4n) is 5.32. The van der Waals surface area contributed by atoms with E-state index < -0.39 is 5.97 Å². The molecule has 1 N–H and O–H groups in total. The van der Waals surface area contributed by atoms with E-state index in [0.717, 1.165) is 33.7 Å². The molecule has 0 radical (unpaired) electrons. The lowest BCUT2D eigenvalue weighted by atomic mass is 9.97. The molecule has 3 heterocycles. The van der Waals surface area contributed by atoms with Crippen LogP contribution in [0.3, 0.4) is 0 Å². The summed E-state index contributed by atoms with van der Waals surface area (Å²) in [5, 5.41) is 18.2. The van der Waals surface area contributed by atoms with Gasteiger partial charge in [0.05, 0.1) is 0 Å². The molecule has 2 aromatic heterocycles. The molecule has 0 bridgehead atoms. The Morgan fingerprint density at radius 2 is 1.77 bits per heavy atom. The van der Waals surface area contributed by atoms with Crippen molar-refractivity contribution in [3.8, 4) is 16.5 Å². The number of hydrogen-bond donors (Lipinski definition) is 1. The molecule has 1 aliphatic heterocycles. The molecule has 0 saturated heterocycles. The van der Waals surface area contributed by atoms with Crippen molar-refractivity contribution in [1.29, 1.82) is 5.26 Å². The van der Waals surface area contributed by atoms with Gasteiger partial charge in [-0.25, -0.2) is 4.79 Å². The first-order valence-electron chi connectivity index (χ1n) is 13.9. The van der Waals surface area contributed by atoms with Gasteiger partial charge in [-0.1, -0.05) is 57.2 Å². The van der Waals surface area contributed by atoms with Crippen LogP contribution in [0.5, 0.6) is 0 Å². The van der Waals surface area contributed by atoms with E-state index in [1.807, 2.05) is 6.07 Å². The third-order valence-electron chi connectivity index (χ3n) is 7.41. The molecule has 4 nitrogen and oxygen atoms in total. The van der Waals surface area contributed by atoms with Crippen LogP contribution < -0.4 is 4.90 Å². The summed E-state index contributed by atoms with van der Waals surface area (Å²) in [5.41, 5.74) is 6.37. The molecule has 200 valence electrons. The number of nitriles is 1. The van der Waals surface area contributed by atoms with Gasteiger partial charge in [0, 0.05) is 37.1 Å². The van der Waals surface area contributed by atoms with Crippen molar-refractivity contribution < 1.29 is 9.90 Å². The van der Waals surface area contributed by atoms with Crippen LogP contribution in [0.1, 0.15) is 67.9 Å². The molecule has 1 aliphatic rings. The number of thiophene rings is 2. The fraction of sp³-hybridized carbons (Fsp3) is 0.333. The summed E-state index contributed by atoms with van der Waals surface area (Å²) in [6.07, 6.45) is 12.8. The zero-order valence-electron chi connectivity index (χ0n) is 22.4. The number of unbranched alkanes of at least 4 members (excludes halogenated alkanes) is 5. The van der Waals surface area contributed by atoms with Crippen molar-refractivity contribution in [3.05, 3.63) is 76.2 Å². The lowest BCUT2D eigenvalue weighted by Gasteiger charge is -2.32. The van der Waals surface area contributed by atoms with Gasteiger partial charge in [0.1, 0.15) is 11.6 Å². The van der Waals surface area contributed by atoms with Crippen LogP contribution in [0.4, 0.5) is 11.4 Å².